The molecular formula is C11H20N2O2. The van der Waals surface area contributed by atoms with Crippen molar-refractivity contribution in [2.45, 2.75) is 25.4 Å². The molecule has 15 heavy (non-hydrogen) atoms. The number of nitrogens with zero attached hydrogens (tertiary/aromatic N) is 1. The van der Waals surface area contributed by atoms with E-state index in [4.69, 9.17) is 4.74 Å². The molecule has 2 fully saturated rings. The average molecular weight is 212 g/mol. The molecule has 86 valence electrons. The van der Waals surface area contributed by atoms with Gasteiger partial charge in [-0.2, -0.15) is 0 Å². The van der Waals surface area contributed by atoms with Gasteiger partial charge in [-0.3, -0.25) is 4.79 Å². The van der Waals surface area contributed by atoms with Crippen molar-refractivity contribution in [2.24, 2.45) is 5.92 Å². The van der Waals surface area contributed by atoms with E-state index in [1.165, 1.54) is 6.42 Å². The standard InChI is InChI=1S/C11H20N2O2/c1-12-7-10-8-13(5-6-15-10)11(14)9-3-2-4-9/h9-10,12H,2-8H2,1H3. The van der Waals surface area contributed by atoms with E-state index < -0.39 is 0 Å². The number of hydrogen-bond acceptors (Lipinski definition) is 3. The van der Waals surface area contributed by atoms with E-state index in [2.05, 4.69) is 5.32 Å². The van der Waals surface area contributed by atoms with Gasteiger partial charge in [-0.1, -0.05) is 6.42 Å². The molecule has 1 atom stereocenters. The number of carbonyl (C=O) groups is 1. The average Bonchev–Trinajstić information content (AvgIpc) is 2.16. The molecule has 1 amide bonds. The van der Waals surface area contributed by atoms with Gasteiger partial charge in [0.2, 0.25) is 5.91 Å². The van der Waals surface area contributed by atoms with E-state index >= 15 is 0 Å². The topological polar surface area (TPSA) is 41.6 Å². The SMILES string of the molecule is CNCC1CN(C(=O)C2CCC2)CCO1. The van der Waals surface area contributed by atoms with Crippen molar-refractivity contribution in [1.82, 2.24) is 10.2 Å². The van der Waals surface area contributed by atoms with E-state index in [1.54, 1.807) is 0 Å². The number of amides is 1. The molecule has 1 aliphatic heterocycles. The maximum atomic E-state index is 12.0. The van der Waals surface area contributed by atoms with E-state index in [0.717, 1.165) is 32.5 Å². The van der Waals surface area contributed by atoms with Gasteiger partial charge < -0.3 is 15.0 Å². The predicted molar refractivity (Wildman–Crippen MR) is 57.6 cm³/mol. The maximum absolute atomic E-state index is 12.0. The van der Waals surface area contributed by atoms with Crippen LogP contribution >= 0.6 is 0 Å². The van der Waals surface area contributed by atoms with Crippen LogP contribution in [0.1, 0.15) is 19.3 Å². The predicted octanol–water partition coefficient (Wildman–Crippen LogP) is 0.233. The first kappa shape index (κ1) is 10.9. The summed E-state index contributed by atoms with van der Waals surface area (Å²) in [5, 5.41) is 3.09. The number of likely N-dealkylation sites (N-methyl/N-ethyl adjacent to an activating group) is 1. The van der Waals surface area contributed by atoms with E-state index in [9.17, 15) is 4.79 Å². The number of rotatable bonds is 3. The minimum absolute atomic E-state index is 0.174. The Labute approximate surface area is 91.0 Å². The lowest BCUT2D eigenvalue weighted by Gasteiger charge is -2.37. The van der Waals surface area contributed by atoms with Crippen LogP contribution in [0, 0.1) is 5.92 Å². The summed E-state index contributed by atoms with van der Waals surface area (Å²) in [5.74, 6) is 0.670. The highest BCUT2D eigenvalue weighted by molar-refractivity contribution is 5.79. The second-order valence-corrected chi connectivity index (χ2v) is 4.46. The largest absolute Gasteiger partial charge is 0.373 e. The van der Waals surface area contributed by atoms with Crippen LogP contribution in [-0.2, 0) is 9.53 Å². The third kappa shape index (κ3) is 2.49. The fourth-order valence-electron chi connectivity index (χ4n) is 2.18. The van der Waals surface area contributed by atoms with Crippen LogP contribution in [0.3, 0.4) is 0 Å². The molecule has 1 N–H and O–H groups in total. The van der Waals surface area contributed by atoms with Gasteiger partial charge in [0.25, 0.3) is 0 Å². The van der Waals surface area contributed by atoms with Gasteiger partial charge in [0.1, 0.15) is 0 Å². The van der Waals surface area contributed by atoms with E-state index in [-0.39, 0.29) is 6.10 Å². The molecule has 2 rings (SSSR count). The second-order valence-electron chi connectivity index (χ2n) is 4.46. The second kappa shape index (κ2) is 4.94. The highest BCUT2D eigenvalue weighted by atomic mass is 16.5. The van der Waals surface area contributed by atoms with Crippen molar-refractivity contribution < 1.29 is 9.53 Å². The lowest BCUT2D eigenvalue weighted by Crippen LogP contribution is -2.51. The zero-order valence-corrected chi connectivity index (χ0v) is 9.37. The third-order valence-electron chi connectivity index (χ3n) is 3.34. The quantitative estimate of drug-likeness (QED) is 0.728. The van der Waals surface area contributed by atoms with Crippen molar-refractivity contribution in [2.75, 3.05) is 33.3 Å². The number of hydrogen-bond donors (Lipinski definition) is 1. The highest BCUT2D eigenvalue weighted by Crippen LogP contribution is 2.28. The molecule has 1 saturated carbocycles. The van der Waals surface area contributed by atoms with Crippen molar-refractivity contribution in [3.8, 4) is 0 Å². The molecule has 0 spiro atoms. The highest BCUT2D eigenvalue weighted by Gasteiger charge is 2.32. The molecule has 0 bridgehead atoms. The maximum Gasteiger partial charge on any atom is 0.225 e. The molecule has 0 aromatic carbocycles. The third-order valence-corrected chi connectivity index (χ3v) is 3.34. The fourth-order valence-corrected chi connectivity index (χ4v) is 2.18. The van der Waals surface area contributed by atoms with Gasteiger partial charge in [0.15, 0.2) is 0 Å². The summed E-state index contributed by atoms with van der Waals surface area (Å²) < 4.78 is 5.57. The summed E-state index contributed by atoms with van der Waals surface area (Å²) in [4.78, 5) is 14.0. The van der Waals surface area contributed by atoms with E-state index in [1.807, 2.05) is 11.9 Å². The Hall–Kier alpha value is -0.610. The minimum atomic E-state index is 0.174. The Morgan fingerprint density at radius 2 is 2.33 bits per heavy atom. The van der Waals surface area contributed by atoms with Crippen LogP contribution < -0.4 is 5.32 Å². The molecule has 0 radical (unpaired) electrons. The Kier molecular flexibility index (Phi) is 3.59. The number of carbonyl (C=O) groups excluding carboxylic acids is 1. The lowest BCUT2D eigenvalue weighted by molar-refractivity contribution is -0.145. The minimum Gasteiger partial charge on any atom is -0.373 e. The zero-order valence-electron chi connectivity index (χ0n) is 9.37. The summed E-state index contributed by atoms with van der Waals surface area (Å²) in [7, 11) is 1.91. The summed E-state index contributed by atoms with van der Waals surface area (Å²) in [6, 6.07) is 0. The molecule has 4 heteroatoms. The molecule has 0 aromatic rings. The van der Waals surface area contributed by atoms with Gasteiger partial charge in [-0.15, -0.1) is 0 Å². The van der Waals surface area contributed by atoms with Crippen LogP contribution in [0.25, 0.3) is 0 Å². The Bertz CT molecular complexity index is 227. The van der Waals surface area contributed by atoms with Crippen molar-refractivity contribution >= 4 is 5.91 Å². The first-order valence-corrected chi connectivity index (χ1v) is 5.86. The summed E-state index contributed by atoms with van der Waals surface area (Å²) in [6.45, 7) is 3.05. The fraction of sp³-hybridized carbons (Fsp3) is 0.909. The summed E-state index contributed by atoms with van der Waals surface area (Å²) in [6.07, 6.45) is 3.58. The van der Waals surface area contributed by atoms with Crippen LogP contribution in [0.4, 0.5) is 0 Å². The van der Waals surface area contributed by atoms with Crippen molar-refractivity contribution in [1.29, 1.82) is 0 Å². The van der Waals surface area contributed by atoms with Gasteiger partial charge in [-0.25, -0.2) is 0 Å². The zero-order chi connectivity index (χ0) is 10.7. The first-order valence-electron chi connectivity index (χ1n) is 5.86. The number of nitrogens with one attached hydrogen (secondary N) is 1. The van der Waals surface area contributed by atoms with Gasteiger partial charge >= 0.3 is 0 Å². The normalized spacial score (nSPS) is 27.5. The Morgan fingerprint density at radius 3 is 2.93 bits per heavy atom. The summed E-state index contributed by atoms with van der Waals surface area (Å²) >= 11 is 0. The van der Waals surface area contributed by atoms with Crippen LogP contribution in [0.2, 0.25) is 0 Å². The lowest BCUT2D eigenvalue weighted by atomic mass is 9.84. The van der Waals surface area contributed by atoms with Crippen LogP contribution in [0.15, 0.2) is 0 Å². The number of ether oxygens (including phenoxy) is 1. The first-order chi connectivity index (χ1) is 7.31. The van der Waals surface area contributed by atoms with E-state index in [0.29, 0.717) is 18.4 Å². The van der Waals surface area contributed by atoms with Gasteiger partial charge in [-0.05, 0) is 19.9 Å². The van der Waals surface area contributed by atoms with Gasteiger partial charge in [0.05, 0.1) is 12.7 Å². The molecular weight excluding hydrogens is 192 g/mol. The molecule has 0 aromatic heterocycles. The van der Waals surface area contributed by atoms with Crippen molar-refractivity contribution in [3.05, 3.63) is 0 Å². The van der Waals surface area contributed by atoms with Crippen LogP contribution in [-0.4, -0.2) is 50.2 Å². The Balaban J connectivity index is 1.83. The van der Waals surface area contributed by atoms with Gasteiger partial charge in [0, 0.05) is 25.6 Å². The van der Waals surface area contributed by atoms with Crippen LogP contribution in [0.5, 0.6) is 0 Å². The van der Waals surface area contributed by atoms with Crippen molar-refractivity contribution in [3.63, 3.8) is 0 Å². The monoisotopic (exact) mass is 212 g/mol. The molecule has 4 nitrogen and oxygen atoms in total. The molecule has 2 aliphatic rings. The molecule has 1 aliphatic carbocycles. The number of morpholine rings is 1. The molecule has 1 saturated heterocycles. The molecule has 1 heterocycles. The molecule has 1 unspecified atom stereocenters. The Morgan fingerprint density at radius 1 is 1.53 bits per heavy atom. The smallest absolute Gasteiger partial charge is 0.225 e. The summed E-state index contributed by atoms with van der Waals surface area (Å²) in [5.41, 5.74) is 0.